The van der Waals surface area contributed by atoms with Gasteiger partial charge in [-0.15, -0.1) is 0 Å². The largest absolute Gasteiger partial charge is 0.492 e. The second-order valence-corrected chi connectivity index (χ2v) is 11.1. The Bertz CT molecular complexity index is 1630. The van der Waals surface area contributed by atoms with Crippen molar-refractivity contribution >= 4 is 29.3 Å². The maximum absolute atomic E-state index is 11.4. The highest BCUT2D eigenvalue weighted by molar-refractivity contribution is 6.30. The normalized spacial score (nSPS) is 13.0. The molecule has 0 fully saturated rings. The molecule has 0 spiro atoms. The van der Waals surface area contributed by atoms with Crippen molar-refractivity contribution in [2.45, 2.75) is 39.5 Å². The topological polar surface area (TPSA) is 144 Å². The molecule has 0 unspecified atom stereocenters. The zero-order valence-electron chi connectivity index (χ0n) is 24.2. The summed E-state index contributed by atoms with van der Waals surface area (Å²) in [7, 11) is 1.31. The average molecular weight is 604 g/mol. The van der Waals surface area contributed by atoms with E-state index in [0.717, 1.165) is 51.3 Å². The Morgan fingerprint density at radius 3 is 2.30 bits per heavy atom. The molecule has 1 atom stereocenters. The second-order valence-electron chi connectivity index (χ2n) is 10.7. The number of carbonyl (C=O) groups is 1. The number of benzene rings is 2. The maximum Gasteiger partial charge on any atom is 0.412 e. The number of nitrogens with two attached hydrogens (primary N) is 2. The molecule has 11 heteroatoms. The first-order chi connectivity index (χ1) is 20.7. The fourth-order valence-electron chi connectivity index (χ4n) is 4.95. The van der Waals surface area contributed by atoms with Crippen LogP contribution in [0.3, 0.4) is 0 Å². The van der Waals surface area contributed by atoms with Gasteiger partial charge in [0.2, 0.25) is 0 Å². The average Bonchev–Trinajstić information content (AvgIpc) is 2.99. The molecule has 2 aliphatic rings. The van der Waals surface area contributed by atoms with Gasteiger partial charge in [0.1, 0.15) is 48.7 Å². The van der Waals surface area contributed by atoms with Crippen LogP contribution in [0.5, 0.6) is 17.2 Å². The highest BCUT2D eigenvalue weighted by atomic mass is 35.5. The van der Waals surface area contributed by atoms with E-state index in [1.54, 1.807) is 18.5 Å². The third-order valence-corrected chi connectivity index (χ3v) is 7.14. The van der Waals surface area contributed by atoms with Crippen molar-refractivity contribution in [2.24, 2.45) is 11.7 Å². The van der Waals surface area contributed by atoms with Crippen molar-refractivity contribution in [3.63, 3.8) is 0 Å². The molecule has 0 saturated carbocycles. The molecule has 0 bridgehead atoms. The lowest BCUT2D eigenvalue weighted by molar-refractivity contribution is 0.187. The molecule has 5 N–H and O–H groups in total. The SMILES string of the molecule is COC(=O)Nc1cc2c(cn1)OCc1cc(OC[C@@H](N)CC(C)C)ccc1-2.Nc1cc2c(cn1)OCc1cc(Cl)ccc1-2. The Hall–Kier alpha value is -4.54. The Morgan fingerprint density at radius 2 is 1.60 bits per heavy atom. The van der Waals surface area contributed by atoms with E-state index in [1.807, 2.05) is 42.5 Å². The minimum atomic E-state index is -0.569. The lowest BCUT2D eigenvalue weighted by Crippen LogP contribution is -2.29. The standard InChI is InChI=1S/C20H25N3O4.C12H9ClN2O/c1-12(2)6-14(21)11-26-15-4-5-16-13(7-15)10-27-18-9-22-19(8-17(16)18)23-20(24)25-3;13-8-1-2-9-7(3-8)6-16-11-5-15-12(14)4-10(9)11/h4-5,7-9,12,14H,6,10-11,21H2,1-3H3,(H,22,23,24);1-5H,6H2,(H2,14,15)/t14-;/m0./s1. The Kier molecular flexibility index (Phi) is 9.18. The minimum Gasteiger partial charge on any atom is -0.492 e. The number of pyridine rings is 2. The zero-order valence-corrected chi connectivity index (χ0v) is 25.0. The summed E-state index contributed by atoms with van der Waals surface area (Å²) in [4.78, 5) is 19.6. The number of nitrogen functional groups attached to an aromatic ring is 1. The van der Waals surface area contributed by atoms with Crippen molar-refractivity contribution in [1.82, 2.24) is 9.97 Å². The Balaban J connectivity index is 0.000000194. The van der Waals surface area contributed by atoms with Crippen LogP contribution in [-0.4, -0.2) is 35.8 Å². The fourth-order valence-corrected chi connectivity index (χ4v) is 5.15. The summed E-state index contributed by atoms with van der Waals surface area (Å²) < 4.78 is 21.8. The highest BCUT2D eigenvalue weighted by Gasteiger charge is 2.20. The first kappa shape index (κ1) is 29.9. The Labute approximate surface area is 255 Å². The number of ether oxygens (including phenoxy) is 4. The van der Waals surface area contributed by atoms with E-state index in [4.69, 9.17) is 37.3 Å². The van der Waals surface area contributed by atoms with Crippen LogP contribution in [0.25, 0.3) is 22.3 Å². The number of carbonyl (C=O) groups excluding carboxylic acids is 1. The van der Waals surface area contributed by atoms with E-state index >= 15 is 0 Å². The van der Waals surface area contributed by atoms with Gasteiger partial charge in [0, 0.05) is 27.8 Å². The molecule has 2 aromatic carbocycles. The van der Waals surface area contributed by atoms with Crippen molar-refractivity contribution in [1.29, 1.82) is 0 Å². The van der Waals surface area contributed by atoms with E-state index in [-0.39, 0.29) is 6.04 Å². The summed E-state index contributed by atoms with van der Waals surface area (Å²) >= 11 is 5.94. The van der Waals surface area contributed by atoms with Crippen molar-refractivity contribution < 1.29 is 23.7 Å². The zero-order chi connectivity index (χ0) is 30.5. The van der Waals surface area contributed by atoms with Gasteiger partial charge < -0.3 is 30.4 Å². The predicted molar refractivity (Wildman–Crippen MR) is 166 cm³/mol. The number of rotatable bonds is 6. The predicted octanol–water partition coefficient (Wildman–Crippen LogP) is 6.45. The summed E-state index contributed by atoms with van der Waals surface area (Å²) in [6, 6.07) is 15.2. The molecule has 43 heavy (non-hydrogen) atoms. The molecule has 2 aliphatic heterocycles. The van der Waals surface area contributed by atoms with Crippen LogP contribution in [0.1, 0.15) is 31.4 Å². The molecule has 4 heterocycles. The number of aromatic nitrogens is 2. The number of hydrogen-bond donors (Lipinski definition) is 3. The van der Waals surface area contributed by atoms with Crippen LogP contribution in [0, 0.1) is 5.92 Å². The van der Waals surface area contributed by atoms with E-state index in [2.05, 4.69) is 33.9 Å². The number of nitrogens with one attached hydrogen (secondary N) is 1. The molecule has 0 saturated heterocycles. The summed E-state index contributed by atoms with van der Waals surface area (Å²) in [6.45, 7) is 5.72. The van der Waals surface area contributed by atoms with Gasteiger partial charge in [0.15, 0.2) is 0 Å². The monoisotopic (exact) mass is 603 g/mol. The quantitative estimate of drug-likeness (QED) is 0.226. The smallest absolute Gasteiger partial charge is 0.412 e. The van der Waals surface area contributed by atoms with E-state index in [0.29, 0.717) is 48.1 Å². The number of halogens is 1. The maximum atomic E-state index is 11.4. The van der Waals surface area contributed by atoms with Crippen LogP contribution in [0.15, 0.2) is 60.9 Å². The molecule has 6 rings (SSSR count). The molecule has 0 aliphatic carbocycles. The summed E-state index contributed by atoms with van der Waals surface area (Å²) in [5, 5.41) is 3.28. The van der Waals surface area contributed by atoms with Gasteiger partial charge in [-0.1, -0.05) is 37.6 Å². The highest BCUT2D eigenvalue weighted by Crippen LogP contribution is 2.40. The van der Waals surface area contributed by atoms with Crippen LogP contribution in [0.2, 0.25) is 5.02 Å². The summed E-state index contributed by atoms with van der Waals surface area (Å²) in [5.74, 6) is 3.64. The number of anilines is 2. The molecule has 1 amide bonds. The molecular weight excluding hydrogens is 570 g/mol. The first-order valence-electron chi connectivity index (χ1n) is 13.9. The van der Waals surface area contributed by atoms with Crippen molar-refractivity contribution in [2.75, 3.05) is 24.8 Å². The lowest BCUT2D eigenvalue weighted by Gasteiger charge is -2.22. The van der Waals surface area contributed by atoms with Crippen LogP contribution in [0.4, 0.5) is 16.4 Å². The molecule has 0 radical (unpaired) electrons. The Morgan fingerprint density at radius 1 is 0.953 bits per heavy atom. The van der Waals surface area contributed by atoms with Crippen LogP contribution >= 0.6 is 11.6 Å². The lowest BCUT2D eigenvalue weighted by atomic mass is 9.97. The van der Waals surface area contributed by atoms with Gasteiger partial charge in [0.25, 0.3) is 0 Å². The summed E-state index contributed by atoms with van der Waals surface area (Å²) in [6.07, 6.45) is 3.60. The van der Waals surface area contributed by atoms with E-state index in [1.165, 1.54) is 7.11 Å². The van der Waals surface area contributed by atoms with E-state index in [9.17, 15) is 4.79 Å². The van der Waals surface area contributed by atoms with Gasteiger partial charge in [-0.25, -0.2) is 14.8 Å². The number of nitrogens with zero attached hydrogens (tertiary/aromatic N) is 2. The third-order valence-electron chi connectivity index (χ3n) is 6.90. The van der Waals surface area contributed by atoms with Gasteiger partial charge in [-0.2, -0.15) is 0 Å². The van der Waals surface area contributed by atoms with Crippen molar-refractivity contribution in [3.8, 4) is 39.5 Å². The first-order valence-corrected chi connectivity index (χ1v) is 14.2. The fraction of sp³-hybridized carbons (Fsp3) is 0.281. The van der Waals surface area contributed by atoms with Gasteiger partial charge >= 0.3 is 6.09 Å². The number of hydrogen-bond acceptors (Lipinski definition) is 9. The molecular formula is C32H34ClN5O5. The minimum absolute atomic E-state index is 0.0102. The molecule has 4 aromatic rings. The third kappa shape index (κ3) is 7.28. The number of fused-ring (bicyclic) bond motifs is 6. The number of methoxy groups -OCH3 is 1. The molecule has 224 valence electrons. The number of amides is 1. The second kappa shape index (κ2) is 13.2. The van der Waals surface area contributed by atoms with Crippen LogP contribution < -0.4 is 31.0 Å². The summed E-state index contributed by atoms with van der Waals surface area (Å²) in [5.41, 5.74) is 17.8. The van der Waals surface area contributed by atoms with Gasteiger partial charge in [0.05, 0.1) is 19.5 Å². The van der Waals surface area contributed by atoms with E-state index < -0.39 is 6.09 Å². The van der Waals surface area contributed by atoms with Crippen LogP contribution in [-0.2, 0) is 18.0 Å². The molecule has 2 aromatic heterocycles. The van der Waals surface area contributed by atoms with Gasteiger partial charge in [-0.3, -0.25) is 5.32 Å². The van der Waals surface area contributed by atoms with Gasteiger partial charge in [-0.05, 0) is 65.4 Å². The molecule has 10 nitrogen and oxygen atoms in total. The van der Waals surface area contributed by atoms with Crippen molar-refractivity contribution in [3.05, 3.63) is 77.1 Å².